The summed E-state index contributed by atoms with van der Waals surface area (Å²) in [5.41, 5.74) is 0. The van der Waals surface area contributed by atoms with Gasteiger partial charge in [-0.3, -0.25) is 0 Å². The van der Waals surface area contributed by atoms with E-state index < -0.39 is 30.1 Å². The first-order valence-electron chi connectivity index (χ1n) is 8.97. The van der Waals surface area contributed by atoms with Gasteiger partial charge in [0.05, 0.1) is 9.79 Å². The van der Waals surface area contributed by atoms with Gasteiger partial charge >= 0.3 is 0 Å². The summed E-state index contributed by atoms with van der Waals surface area (Å²) in [6, 6.07) is 7.95. The molecule has 13 heteroatoms. The predicted octanol–water partition coefficient (Wildman–Crippen LogP) is 1.51. The molecule has 9 nitrogen and oxygen atoms in total. The van der Waals surface area contributed by atoms with Gasteiger partial charge in [-0.2, -0.15) is 4.31 Å². The topological polar surface area (TPSA) is 121 Å². The molecule has 0 unspecified atom stereocenters. The van der Waals surface area contributed by atoms with Gasteiger partial charge in [-0.15, -0.1) is 11.3 Å². The van der Waals surface area contributed by atoms with E-state index >= 15 is 0 Å². The van der Waals surface area contributed by atoms with Gasteiger partial charge < -0.3 is 0 Å². The lowest BCUT2D eigenvalue weighted by Gasteiger charge is -2.18. The summed E-state index contributed by atoms with van der Waals surface area (Å²) in [7, 11) is -8.33. The van der Waals surface area contributed by atoms with Crippen LogP contribution in [0.15, 0.2) is 50.4 Å². The molecule has 0 saturated carbocycles. The molecule has 0 bridgehead atoms. The van der Waals surface area contributed by atoms with Crippen molar-refractivity contribution >= 4 is 41.4 Å². The monoisotopic (exact) mass is 495 g/mol. The van der Waals surface area contributed by atoms with Crippen molar-refractivity contribution in [1.29, 1.82) is 0 Å². The van der Waals surface area contributed by atoms with Gasteiger partial charge in [0.2, 0.25) is 20.0 Å². The van der Waals surface area contributed by atoms with Gasteiger partial charge in [0.1, 0.15) is 4.21 Å². The van der Waals surface area contributed by atoms with Crippen LogP contribution in [0.4, 0.5) is 0 Å². The minimum absolute atomic E-state index is 0.0157. The van der Waals surface area contributed by atoms with E-state index in [1.165, 1.54) is 48.7 Å². The van der Waals surface area contributed by atoms with Crippen LogP contribution in [0, 0.1) is 0 Å². The van der Waals surface area contributed by atoms with Crippen LogP contribution in [0.5, 0.6) is 0 Å². The molecule has 0 atom stereocenters. The molecule has 1 heterocycles. The number of nitrogens with zero attached hydrogens (tertiary/aromatic N) is 2. The number of hydrogen-bond donors (Lipinski definition) is 1. The van der Waals surface area contributed by atoms with Crippen LogP contribution in [0.1, 0.15) is 18.7 Å². The Balaban J connectivity index is 2.17. The Morgan fingerprint density at radius 1 is 0.800 bits per heavy atom. The summed E-state index contributed by atoms with van der Waals surface area (Å²) >= 11 is 0.977. The molecule has 30 heavy (non-hydrogen) atoms. The minimum atomic E-state index is -3.91. The Kier molecular flexibility index (Phi) is 7.83. The van der Waals surface area contributed by atoms with E-state index in [0.29, 0.717) is 18.0 Å². The third-order valence-electron chi connectivity index (χ3n) is 4.29. The van der Waals surface area contributed by atoms with Gasteiger partial charge in [0.15, 0.2) is 0 Å². The second kappa shape index (κ2) is 9.42. The summed E-state index contributed by atoms with van der Waals surface area (Å²) in [6.45, 7) is 3.99. The van der Waals surface area contributed by atoms with Crippen molar-refractivity contribution in [2.24, 2.45) is 0 Å². The highest BCUT2D eigenvalue weighted by molar-refractivity contribution is 7.91. The van der Waals surface area contributed by atoms with E-state index in [9.17, 15) is 25.3 Å². The molecule has 0 aliphatic rings. The predicted molar refractivity (Wildman–Crippen MR) is 116 cm³/mol. The molecule has 1 N–H and O–H groups in total. The zero-order chi connectivity index (χ0) is 22.7. The Bertz CT molecular complexity index is 1180. The first-order valence-corrected chi connectivity index (χ1v) is 14.1. The molecule has 0 spiro atoms. The fraction of sp³-hybridized carbons (Fsp3) is 0.412. The van der Waals surface area contributed by atoms with Crippen molar-refractivity contribution in [3.05, 3.63) is 41.3 Å². The third-order valence-corrected chi connectivity index (χ3v) is 11.1. The second-order valence-electron chi connectivity index (χ2n) is 6.39. The second-order valence-corrected chi connectivity index (χ2v) is 13.6. The minimum Gasteiger partial charge on any atom is -0.207 e. The number of thiophene rings is 1. The van der Waals surface area contributed by atoms with E-state index in [0.717, 1.165) is 15.6 Å². The number of hydrogen-bond acceptors (Lipinski definition) is 7. The van der Waals surface area contributed by atoms with E-state index in [4.69, 9.17) is 0 Å². The van der Waals surface area contributed by atoms with Gasteiger partial charge in [-0.25, -0.2) is 34.3 Å². The fourth-order valence-corrected chi connectivity index (χ4v) is 7.54. The van der Waals surface area contributed by atoms with Crippen molar-refractivity contribution in [3.63, 3.8) is 0 Å². The summed E-state index contributed by atoms with van der Waals surface area (Å²) in [5.74, 6) is 0. The quantitative estimate of drug-likeness (QED) is 0.533. The highest BCUT2D eigenvalue weighted by atomic mass is 32.2. The maximum absolute atomic E-state index is 12.5. The molecular formula is C17H25N3O6S4. The Morgan fingerprint density at radius 3 is 1.83 bits per heavy atom. The molecule has 168 valence electrons. The van der Waals surface area contributed by atoms with Gasteiger partial charge in [-0.1, -0.05) is 13.8 Å². The average Bonchev–Trinajstić information content (AvgIpc) is 3.17. The van der Waals surface area contributed by atoms with E-state index in [1.54, 1.807) is 19.9 Å². The first-order chi connectivity index (χ1) is 13.9. The van der Waals surface area contributed by atoms with Crippen LogP contribution in [-0.2, 0) is 36.6 Å². The molecule has 1 aromatic heterocycles. The summed E-state index contributed by atoms with van der Waals surface area (Å²) in [6.07, 6.45) is 0. The van der Waals surface area contributed by atoms with Crippen LogP contribution in [0.2, 0.25) is 0 Å². The maximum atomic E-state index is 12.5. The van der Waals surface area contributed by atoms with Crippen molar-refractivity contribution in [2.75, 3.05) is 27.2 Å². The zero-order valence-electron chi connectivity index (χ0n) is 17.1. The van der Waals surface area contributed by atoms with Gasteiger partial charge in [-0.05, 0) is 36.4 Å². The largest absolute Gasteiger partial charge is 0.252 e. The van der Waals surface area contributed by atoms with Gasteiger partial charge in [0, 0.05) is 38.6 Å². The lowest BCUT2D eigenvalue weighted by molar-refractivity contribution is 0.445. The van der Waals surface area contributed by atoms with Crippen molar-refractivity contribution in [2.45, 2.75) is 34.4 Å². The van der Waals surface area contributed by atoms with Crippen LogP contribution >= 0.6 is 11.3 Å². The molecule has 1 aromatic carbocycles. The number of rotatable bonds is 10. The first kappa shape index (κ1) is 24.9. The molecule has 0 amide bonds. The van der Waals surface area contributed by atoms with Crippen LogP contribution < -0.4 is 4.72 Å². The Morgan fingerprint density at radius 2 is 1.33 bits per heavy atom. The molecule has 2 rings (SSSR count). The Labute approximate surface area is 182 Å². The van der Waals surface area contributed by atoms with Crippen molar-refractivity contribution in [1.82, 2.24) is 13.3 Å². The smallest absolute Gasteiger partial charge is 0.207 e. The lowest BCUT2D eigenvalue weighted by atomic mass is 10.4. The molecule has 0 aliphatic carbocycles. The average molecular weight is 496 g/mol. The fourth-order valence-electron chi connectivity index (χ4n) is 2.52. The van der Waals surface area contributed by atoms with Crippen LogP contribution in [-0.4, -0.2) is 61.0 Å². The molecular weight excluding hydrogens is 470 g/mol. The molecule has 0 radical (unpaired) electrons. The summed E-state index contributed by atoms with van der Waals surface area (Å²) in [5, 5.41) is 0. The van der Waals surface area contributed by atoms with Crippen molar-refractivity contribution in [3.8, 4) is 0 Å². The van der Waals surface area contributed by atoms with Crippen molar-refractivity contribution < 1.29 is 25.3 Å². The lowest BCUT2D eigenvalue weighted by Crippen LogP contribution is -2.30. The standard InChI is InChI=1S/C17H25N3O6S4/c1-5-20(6-2)29(23,24)16-10-8-15(9-11-16)28(21,22)18-13-14-7-12-17(27-14)30(25,26)19(3)4/h7-12,18H,5-6,13H2,1-4H3. The normalized spacial score (nSPS) is 13.3. The van der Waals surface area contributed by atoms with Gasteiger partial charge in [0.25, 0.3) is 10.0 Å². The van der Waals surface area contributed by atoms with E-state index in [-0.39, 0.29) is 20.5 Å². The van der Waals surface area contributed by atoms with E-state index in [1.807, 2.05) is 0 Å². The highest BCUT2D eigenvalue weighted by Gasteiger charge is 2.23. The maximum Gasteiger partial charge on any atom is 0.252 e. The SMILES string of the molecule is CCN(CC)S(=O)(=O)c1ccc(S(=O)(=O)NCc2ccc(S(=O)(=O)N(C)C)s2)cc1. The molecule has 0 aliphatic heterocycles. The van der Waals surface area contributed by atoms with E-state index in [2.05, 4.69) is 4.72 Å². The summed E-state index contributed by atoms with van der Waals surface area (Å²) < 4.78 is 79.2. The number of benzene rings is 1. The summed E-state index contributed by atoms with van der Waals surface area (Å²) in [4.78, 5) is 0.459. The molecule has 0 saturated heterocycles. The third kappa shape index (κ3) is 5.28. The zero-order valence-corrected chi connectivity index (χ0v) is 20.3. The van der Waals surface area contributed by atoms with Crippen LogP contribution in [0.25, 0.3) is 0 Å². The molecule has 2 aromatic rings. The van der Waals surface area contributed by atoms with Crippen LogP contribution in [0.3, 0.4) is 0 Å². The number of nitrogens with one attached hydrogen (secondary N) is 1. The highest BCUT2D eigenvalue weighted by Crippen LogP contribution is 2.24. The number of sulfonamides is 3. The molecule has 0 fully saturated rings. The Hall–Kier alpha value is -1.35.